The van der Waals surface area contributed by atoms with E-state index in [1.54, 1.807) is 13.0 Å². The van der Waals surface area contributed by atoms with Gasteiger partial charge in [0.05, 0.1) is 23.9 Å². The van der Waals surface area contributed by atoms with Crippen molar-refractivity contribution >= 4 is 34.1 Å². The van der Waals surface area contributed by atoms with Crippen LogP contribution in [0.2, 0.25) is 0 Å². The lowest BCUT2D eigenvalue weighted by Gasteiger charge is -2.01. The Balaban J connectivity index is 2.09. The van der Waals surface area contributed by atoms with Gasteiger partial charge in [0.1, 0.15) is 5.52 Å². The van der Waals surface area contributed by atoms with Crippen LogP contribution < -0.4 is 4.74 Å². The molecule has 0 unspecified atom stereocenters. The lowest BCUT2D eigenvalue weighted by atomic mass is 10.1. The zero-order valence-electron chi connectivity index (χ0n) is 11.5. The predicted molar refractivity (Wildman–Crippen MR) is 76.0 cm³/mol. The molecule has 0 saturated heterocycles. The number of carbonyl (C=O) groups excluding carboxylic acids is 1. The van der Waals surface area contributed by atoms with Gasteiger partial charge < -0.3 is 19.6 Å². The molecule has 0 radical (unpaired) electrons. The summed E-state index contributed by atoms with van der Waals surface area (Å²) in [6.45, 7) is 1.83. The monoisotopic (exact) mass is 301 g/mol. The topological polar surface area (TPSA) is 114 Å². The third kappa shape index (κ3) is 2.41. The van der Waals surface area contributed by atoms with Gasteiger partial charge in [0.15, 0.2) is 0 Å². The van der Waals surface area contributed by atoms with E-state index in [0.717, 1.165) is 0 Å². The van der Waals surface area contributed by atoms with Gasteiger partial charge >= 0.3 is 18.1 Å². The van der Waals surface area contributed by atoms with Crippen LogP contribution in [0.25, 0.3) is 21.9 Å². The summed E-state index contributed by atoms with van der Waals surface area (Å²) in [4.78, 5) is 33.4. The zero-order chi connectivity index (χ0) is 15.7. The molecule has 0 aliphatic heterocycles. The Labute approximate surface area is 123 Å². The van der Waals surface area contributed by atoms with E-state index in [-0.39, 0.29) is 18.2 Å². The highest BCUT2D eigenvalue weighted by Gasteiger charge is 2.13. The van der Waals surface area contributed by atoms with E-state index in [1.807, 2.05) is 0 Å². The number of carbonyl (C=O) groups is 2. The van der Waals surface area contributed by atoms with Crippen LogP contribution in [0.15, 0.2) is 24.4 Å². The molecule has 3 rings (SSSR count). The lowest BCUT2D eigenvalue weighted by Crippen LogP contribution is -2.11. The number of benzene rings is 1. The number of hydrogen-bond donors (Lipinski definition) is 2. The molecule has 2 heterocycles. The molecule has 8 nitrogen and oxygen atoms in total. The van der Waals surface area contributed by atoms with Crippen molar-refractivity contribution in [2.75, 3.05) is 6.61 Å². The van der Waals surface area contributed by atoms with Crippen LogP contribution in [0.1, 0.15) is 17.3 Å². The number of carboxylic acid groups (broad SMARTS) is 1. The average molecular weight is 301 g/mol. The minimum atomic E-state index is -1.03. The second-order valence-electron chi connectivity index (χ2n) is 4.39. The number of aromatic carboxylic acids is 1. The van der Waals surface area contributed by atoms with Gasteiger partial charge in [0.2, 0.25) is 0 Å². The molecule has 22 heavy (non-hydrogen) atoms. The Morgan fingerprint density at radius 3 is 2.86 bits per heavy atom. The number of aromatic amines is 1. The standard InChI is InChI=1S/C14H11N3O5/c1-2-21-14(20)22-13-15-6-10-11(17-13)8-5-7(12(18)19)3-4-9(8)16-10/h3-6,16H,2H2,1H3,(H,18,19). The molecule has 8 heteroatoms. The first kappa shape index (κ1) is 13.8. The Kier molecular flexibility index (Phi) is 3.34. The van der Waals surface area contributed by atoms with Gasteiger partial charge in [-0.3, -0.25) is 0 Å². The van der Waals surface area contributed by atoms with Gasteiger partial charge in [-0.2, -0.15) is 4.98 Å². The van der Waals surface area contributed by atoms with Gasteiger partial charge in [0, 0.05) is 10.9 Å². The van der Waals surface area contributed by atoms with Gasteiger partial charge in [-0.25, -0.2) is 14.6 Å². The molecule has 0 fully saturated rings. The van der Waals surface area contributed by atoms with Crippen molar-refractivity contribution in [3.05, 3.63) is 30.0 Å². The number of rotatable bonds is 3. The van der Waals surface area contributed by atoms with Gasteiger partial charge in [-0.1, -0.05) is 0 Å². The predicted octanol–water partition coefficient (Wildman–Crippen LogP) is 2.34. The van der Waals surface area contributed by atoms with Gasteiger partial charge in [-0.15, -0.1) is 0 Å². The molecule has 0 bridgehead atoms. The Morgan fingerprint density at radius 1 is 1.32 bits per heavy atom. The molecule has 2 N–H and O–H groups in total. The summed E-state index contributed by atoms with van der Waals surface area (Å²) in [5.74, 6) is -1.03. The SMILES string of the molecule is CCOC(=O)Oc1ncc2[nH]c3ccc(C(=O)O)cc3c2n1. The number of fused-ring (bicyclic) bond motifs is 3. The molecule has 0 aliphatic rings. The first-order chi connectivity index (χ1) is 10.6. The number of aromatic nitrogens is 3. The van der Waals surface area contributed by atoms with Crippen LogP contribution >= 0.6 is 0 Å². The molecule has 0 spiro atoms. The van der Waals surface area contributed by atoms with Crippen LogP contribution in [-0.4, -0.2) is 38.8 Å². The summed E-state index contributed by atoms with van der Waals surface area (Å²) < 4.78 is 9.50. The van der Waals surface area contributed by atoms with Crippen molar-refractivity contribution in [2.24, 2.45) is 0 Å². The normalized spacial score (nSPS) is 10.8. The van der Waals surface area contributed by atoms with Crippen molar-refractivity contribution in [2.45, 2.75) is 6.92 Å². The van der Waals surface area contributed by atoms with Crippen LogP contribution in [0, 0.1) is 0 Å². The number of H-pyrrole nitrogens is 1. The molecule has 112 valence electrons. The molecular weight excluding hydrogens is 290 g/mol. The molecule has 0 aliphatic carbocycles. The van der Waals surface area contributed by atoms with E-state index in [0.29, 0.717) is 21.9 Å². The van der Waals surface area contributed by atoms with E-state index in [4.69, 9.17) is 9.84 Å². The first-order valence-corrected chi connectivity index (χ1v) is 6.45. The summed E-state index contributed by atoms with van der Waals surface area (Å²) in [6, 6.07) is 4.47. The minimum Gasteiger partial charge on any atom is -0.478 e. The van der Waals surface area contributed by atoms with Crippen molar-refractivity contribution in [1.82, 2.24) is 15.0 Å². The molecule has 1 aromatic carbocycles. The van der Waals surface area contributed by atoms with Crippen molar-refractivity contribution in [3.63, 3.8) is 0 Å². The molecular formula is C14H11N3O5. The quantitative estimate of drug-likeness (QED) is 0.713. The molecule has 2 aromatic heterocycles. The number of hydrogen-bond acceptors (Lipinski definition) is 6. The maximum absolute atomic E-state index is 11.3. The molecule has 0 saturated carbocycles. The summed E-state index contributed by atoms with van der Waals surface area (Å²) in [6.07, 6.45) is 0.560. The third-order valence-corrected chi connectivity index (χ3v) is 2.99. The van der Waals surface area contributed by atoms with Crippen molar-refractivity contribution in [3.8, 4) is 6.01 Å². The maximum Gasteiger partial charge on any atom is 0.516 e. The van der Waals surface area contributed by atoms with Crippen molar-refractivity contribution in [1.29, 1.82) is 0 Å². The van der Waals surface area contributed by atoms with Crippen LogP contribution in [0.3, 0.4) is 0 Å². The fourth-order valence-electron chi connectivity index (χ4n) is 2.06. The minimum absolute atomic E-state index is 0.139. The van der Waals surface area contributed by atoms with Gasteiger partial charge in [-0.05, 0) is 25.1 Å². The number of nitrogens with zero attached hydrogens (tertiary/aromatic N) is 2. The van der Waals surface area contributed by atoms with E-state index in [1.165, 1.54) is 18.3 Å². The molecule has 0 amide bonds. The van der Waals surface area contributed by atoms with E-state index in [2.05, 4.69) is 19.7 Å². The summed E-state index contributed by atoms with van der Waals surface area (Å²) >= 11 is 0. The fraction of sp³-hybridized carbons (Fsp3) is 0.143. The molecule has 3 aromatic rings. The summed E-state index contributed by atoms with van der Waals surface area (Å²) in [7, 11) is 0. The average Bonchev–Trinajstić information content (AvgIpc) is 2.84. The highest BCUT2D eigenvalue weighted by Crippen LogP contribution is 2.25. The number of ether oxygens (including phenoxy) is 2. The second kappa shape index (κ2) is 5.32. The van der Waals surface area contributed by atoms with E-state index in [9.17, 15) is 9.59 Å². The van der Waals surface area contributed by atoms with E-state index >= 15 is 0 Å². The largest absolute Gasteiger partial charge is 0.516 e. The first-order valence-electron chi connectivity index (χ1n) is 6.45. The van der Waals surface area contributed by atoms with E-state index < -0.39 is 12.1 Å². The highest BCUT2D eigenvalue weighted by atomic mass is 16.7. The maximum atomic E-state index is 11.3. The number of nitrogens with one attached hydrogen (secondary N) is 1. The summed E-state index contributed by atoms with van der Waals surface area (Å²) in [5.41, 5.74) is 1.92. The van der Waals surface area contributed by atoms with Crippen LogP contribution in [0.5, 0.6) is 6.01 Å². The summed E-state index contributed by atoms with van der Waals surface area (Å²) in [5, 5.41) is 9.66. The third-order valence-electron chi connectivity index (χ3n) is 2.99. The lowest BCUT2D eigenvalue weighted by molar-refractivity contribution is 0.0696. The zero-order valence-corrected chi connectivity index (χ0v) is 11.5. The Hall–Kier alpha value is -3.16. The van der Waals surface area contributed by atoms with Crippen LogP contribution in [0.4, 0.5) is 4.79 Å². The second-order valence-corrected chi connectivity index (χ2v) is 4.39. The molecule has 0 atom stereocenters. The smallest absolute Gasteiger partial charge is 0.478 e. The fourth-order valence-corrected chi connectivity index (χ4v) is 2.06. The number of carboxylic acids is 1. The Bertz CT molecular complexity index is 887. The van der Waals surface area contributed by atoms with Crippen molar-refractivity contribution < 1.29 is 24.2 Å². The highest BCUT2D eigenvalue weighted by molar-refractivity contribution is 6.07. The van der Waals surface area contributed by atoms with Crippen LogP contribution in [-0.2, 0) is 4.74 Å². The Morgan fingerprint density at radius 2 is 2.14 bits per heavy atom. The van der Waals surface area contributed by atoms with Gasteiger partial charge in [0.25, 0.3) is 0 Å².